The first-order valence-electron chi connectivity index (χ1n) is 9.92. The van der Waals surface area contributed by atoms with Crippen molar-refractivity contribution in [1.82, 2.24) is 10.6 Å². The quantitative estimate of drug-likeness (QED) is 0.551. The highest BCUT2D eigenvalue weighted by Gasteiger charge is 2.28. The van der Waals surface area contributed by atoms with Gasteiger partial charge < -0.3 is 16.4 Å². The Balaban J connectivity index is 1.90. The van der Waals surface area contributed by atoms with Crippen molar-refractivity contribution in [2.75, 3.05) is 12.3 Å². The Hall–Kier alpha value is -2.33. The number of nitrogens with one attached hydrogen (secondary N) is 2. The van der Waals surface area contributed by atoms with Crippen LogP contribution >= 0.6 is 0 Å². The molecule has 0 aliphatic rings. The van der Waals surface area contributed by atoms with Gasteiger partial charge in [-0.25, -0.2) is 0 Å². The molecule has 1 atom stereocenters. The van der Waals surface area contributed by atoms with Crippen molar-refractivity contribution in [1.29, 1.82) is 0 Å². The van der Waals surface area contributed by atoms with Gasteiger partial charge in [-0.05, 0) is 43.4 Å². The van der Waals surface area contributed by atoms with Crippen molar-refractivity contribution in [3.63, 3.8) is 0 Å². The summed E-state index contributed by atoms with van der Waals surface area (Å²) >= 11 is 0. The van der Waals surface area contributed by atoms with E-state index in [-0.39, 0.29) is 17.5 Å². The summed E-state index contributed by atoms with van der Waals surface area (Å²) in [6, 6.07) is 18.4. The Kier molecular flexibility index (Phi) is 7.86. The molecule has 0 saturated carbocycles. The van der Waals surface area contributed by atoms with Gasteiger partial charge in [0.15, 0.2) is 0 Å². The number of carbonyl (C=O) groups excluding carboxylic acids is 1. The van der Waals surface area contributed by atoms with E-state index in [9.17, 15) is 4.79 Å². The topological polar surface area (TPSA) is 67.2 Å². The van der Waals surface area contributed by atoms with Gasteiger partial charge >= 0.3 is 0 Å². The maximum absolute atomic E-state index is 12.4. The summed E-state index contributed by atoms with van der Waals surface area (Å²) in [5.74, 6) is 0.0682. The predicted octanol–water partition coefficient (Wildman–Crippen LogP) is 4.23. The standard InChI is InChI=1S/C23H33N3O/c1-4-23(5-2,26-18(3)19-11-7-6-8-12-19)17-25-22(27)16-15-20-13-9-10-14-21(20)24/h6-14,18,26H,4-5,15-17,24H2,1-3H3,(H,25,27). The lowest BCUT2D eigenvalue weighted by Crippen LogP contribution is -2.53. The van der Waals surface area contributed by atoms with Crippen molar-refractivity contribution in [2.45, 2.75) is 58.0 Å². The Morgan fingerprint density at radius 3 is 2.30 bits per heavy atom. The molecular weight excluding hydrogens is 334 g/mol. The normalized spacial score (nSPS) is 12.6. The van der Waals surface area contributed by atoms with Gasteiger partial charge in [-0.1, -0.05) is 62.4 Å². The highest BCUT2D eigenvalue weighted by atomic mass is 16.1. The maximum atomic E-state index is 12.4. The molecule has 2 aromatic rings. The van der Waals surface area contributed by atoms with Gasteiger partial charge in [-0.3, -0.25) is 4.79 Å². The van der Waals surface area contributed by atoms with E-state index in [1.54, 1.807) is 0 Å². The Morgan fingerprint density at radius 2 is 1.67 bits per heavy atom. The Morgan fingerprint density at radius 1 is 1.04 bits per heavy atom. The van der Waals surface area contributed by atoms with Crippen LogP contribution in [-0.4, -0.2) is 18.0 Å². The van der Waals surface area contributed by atoms with Crippen LogP contribution in [0.1, 0.15) is 57.2 Å². The number of para-hydroxylation sites is 1. The number of amides is 1. The summed E-state index contributed by atoms with van der Waals surface area (Å²) in [7, 11) is 0. The first kappa shape index (κ1) is 21.0. The maximum Gasteiger partial charge on any atom is 0.220 e. The van der Waals surface area contributed by atoms with Gasteiger partial charge in [0.25, 0.3) is 0 Å². The van der Waals surface area contributed by atoms with Gasteiger partial charge in [0, 0.05) is 30.2 Å². The summed E-state index contributed by atoms with van der Waals surface area (Å²) in [4.78, 5) is 12.4. The van der Waals surface area contributed by atoms with Crippen LogP contribution in [0.2, 0.25) is 0 Å². The molecule has 4 N–H and O–H groups in total. The monoisotopic (exact) mass is 367 g/mol. The predicted molar refractivity (Wildman–Crippen MR) is 113 cm³/mol. The Labute approximate surface area is 163 Å². The van der Waals surface area contributed by atoms with Crippen LogP contribution in [0.4, 0.5) is 5.69 Å². The zero-order valence-electron chi connectivity index (χ0n) is 16.8. The molecule has 0 aliphatic carbocycles. The van der Waals surface area contributed by atoms with Crippen LogP contribution in [0.25, 0.3) is 0 Å². The van der Waals surface area contributed by atoms with Crippen LogP contribution in [0.15, 0.2) is 54.6 Å². The smallest absolute Gasteiger partial charge is 0.220 e. The van der Waals surface area contributed by atoms with Crippen LogP contribution in [0, 0.1) is 0 Å². The average molecular weight is 368 g/mol. The minimum Gasteiger partial charge on any atom is -0.399 e. The summed E-state index contributed by atoms with van der Waals surface area (Å²) in [5, 5.41) is 6.88. The molecule has 0 fully saturated rings. The summed E-state index contributed by atoms with van der Waals surface area (Å²) in [6.07, 6.45) is 3.02. The van der Waals surface area contributed by atoms with Crippen molar-refractivity contribution >= 4 is 11.6 Å². The second kappa shape index (κ2) is 10.1. The number of nitrogens with two attached hydrogens (primary N) is 1. The lowest BCUT2D eigenvalue weighted by molar-refractivity contribution is -0.121. The van der Waals surface area contributed by atoms with E-state index in [1.165, 1.54) is 5.56 Å². The van der Waals surface area contributed by atoms with E-state index < -0.39 is 0 Å². The number of aryl methyl sites for hydroxylation is 1. The summed E-state index contributed by atoms with van der Waals surface area (Å²) in [6.45, 7) is 7.14. The van der Waals surface area contributed by atoms with Crippen LogP contribution in [-0.2, 0) is 11.2 Å². The molecule has 4 nitrogen and oxygen atoms in total. The van der Waals surface area contributed by atoms with Crippen molar-refractivity contribution in [3.8, 4) is 0 Å². The average Bonchev–Trinajstić information content (AvgIpc) is 2.71. The third-order valence-electron chi connectivity index (χ3n) is 5.48. The number of anilines is 1. The molecule has 1 unspecified atom stereocenters. The molecule has 2 aromatic carbocycles. The largest absolute Gasteiger partial charge is 0.399 e. The zero-order valence-corrected chi connectivity index (χ0v) is 16.8. The number of hydrogen-bond donors (Lipinski definition) is 3. The molecule has 4 heteroatoms. The molecule has 146 valence electrons. The minimum atomic E-state index is -0.114. The molecule has 0 saturated heterocycles. The van der Waals surface area contributed by atoms with E-state index in [4.69, 9.17) is 5.73 Å². The molecule has 0 radical (unpaired) electrons. The van der Waals surface area contributed by atoms with Crippen molar-refractivity contribution in [3.05, 3.63) is 65.7 Å². The van der Waals surface area contributed by atoms with Crippen molar-refractivity contribution < 1.29 is 4.79 Å². The van der Waals surface area contributed by atoms with Gasteiger partial charge in [0.2, 0.25) is 5.91 Å². The van der Waals surface area contributed by atoms with Crippen molar-refractivity contribution in [2.24, 2.45) is 0 Å². The summed E-state index contributed by atoms with van der Waals surface area (Å²) < 4.78 is 0. The second-order valence-corrected chi connectivity index (χ2v) is 7.24. The SMILES string of the molecule is CCC(CC)(CNC(=O)CCc1ccccc1N)NC(C)c1ccccc1. The van der Waals surface area contributed by atoms with Gasteiger partial charge in [0.1, 0.15) is 0 Å². The number of nitrogen functional groups attached to an aromatic ring is 1. The molecule has 27 heavy (non-hydrogen) atoms. The highest BCUT2D eigenvalue weighted by Crippen LogP contribution is 2.21. The van der Waals surface area contributed by atoms with E-state index in [0.29, 0.717) is 19.4 Å². The van der Waals surface area contributed by atoms with Crippen LogP contribution < -0.4 is 16.4 Å². The molecular formula is C23H33N3O. The zero-order chi connectivity index (χ0) is 19.7. The number of rotatable bonds is 10. The Bertz CT molecular complexity index is 711. The lowest BCUT2D eigenvalue weighted by Gasteiger charge is -2.36. The fraction of sp³-hybridized carbons (Fsp3) is 0.435. The number of hydrogen-bond acceptors (Lipinski definition) is 3. The minimum absolute atomic E-state index is 0.0682. The molecule has 0 aromatic heterocycles. The van der Waals surface area contributed by atoms with Gasteiger partial charge in [-0.2, -0.15) is 0 Å². The number of carbonyl (C=O) groups is 1. The molecule has 0 aliphatic heterocycles. The molecule has 1 amide bonds. The molecule has 2 rings (SSSR count). The number of benzene rings is 2. The first-order valence-corrected chi connectivity index (χ1v) is 9.92. The van der Waals surface area contributed by atoms with E-state index >= 15 is 0 Å². The lowest BCUT2D eigenvalue weighted by atomic mass is 9.90. The van der Waals surface area contributed by atoms with Gasteiger partial charge in [0.05, 0.1) is 0 Å². The molecule has 0 spiro atoms. The highest BCUT2D eigenvalue weighted by molar-refractivity contribution is 5.76. The van der Waals surface area contributed by atoms with Crippen LogP contribution in [0.3, 0.4) is 0 Å². The molecule has 0 bridgehead atoms. The van der Waals surface area contributed by atoms with Gasteiger partial charge in [-0.15, -0.1) is 0 Å². The second-order valence-electron chi connectivity index (χ2n) is 7.24. The first-order chi connectivity index (χ1) is 13.0. The third kappa shape index (κ3) is 6.10. The third-order valence-corrected chi connectivity index (χ3v) is 5.48. The van der Waals surface area contributed by atoms with Crippen LogP contribution in [0.5, 0.6) is 0 Å². The van der Waals surface area contributed by atoms with E-state index in [1.807, 2.05) is 30.3 Å². The summed E-state index contributed by atoms with van der Waals surface area (Å²) in [5.41, 5.74) is 8.88. The fourth-order valence-corrected chi connectivity index (χ4v) is 3.41. The molecule has 0 heterocycles. The van der Waals surface area contributed by atoms with E-state index in [0.717, 1.165) is 24.1 Å². The fourth-order valence-electron chi connectivity index (χ4n) is 3.41. The van der Waals surface area contributed by atoms with E-state index in [2.05, 4.69) is 55.7 Å².